The quantitative estimate of drug-likeness (QED) is 0.137. The fraction of sp³-hybridized carbons (Fsp3) is 0.158. The van der Waals surface area contributed by atoms with Crippen LogP contribution < -0.4 is 113 Å². The third-order valence-electron chi connectivity index (χ3n) is 3.45. The number of nitrogens with zero attached hydrogens (tertiary/aromatic N) is 4. The molecule has 0 aliphatic heterocycles. The van der Waals surface area contributed by atoms with E-state index in [2.05, 4.69) is 10.2 Å². The van der Waals surface area contributed by atoms with Crippen LogP contribution >= 0.6 is 24.4 Å². The largest absolute Gasteiger partial charge is 1.00 e. The van der Waals surface area contributed by atoms with Gasteiger partial charge in [-0.05, 0) is 11.8 Å². The molecular weight excluding hydrogens is 459 g/mol. The van der Waals surface area contributed by atoms with Gasteiger partial charge in [0.05, 0.1) is 0 Å². The average Bonchev–Trinajstić information content (AvgIpc) is 2.67. The van der Waals surface area contributed by atoms with Crippen molar-refractivity contribution >= 4 is 46.2 Å². The Morgan fingerprint density at radius 2 is 1.03 bits per heavy atom. The van der Waals surface area contributed by atoms with Crippen molar-refractivity contribution in [3.8, 4) is 0 Å². The van der Waals surface area contributed by atoms with Crippen LogP contribution in [0.2, 0.25) is 0 Å². The summed E-state index contributed by atoms with van der Waals surface area (Å²) in [5, 5.41) is 34.2. The Hall–Kier alpha value is 0.433. The molecule has 0 N–H and O–H groups in total. The van der Waals surface area contributed by atoms with E-state index < -0.39 is 18.2 Å². The third kappa shape index (κ3) is 10.1. The number of benzene rings is 2. The summed E-state index contributed by atoms with van der Waals surface area (Å²) in [6, 6.07) is 18.4. The topological polar surface area (TPSA) is 77.3 Å². The van der Waals surface area contributed by atoms with Crippen LogP contribution in [0.25, 0.3) is 0 Å². The van der Waals surface area contributed by atoms with Crippen LogP contribution in [0.1, 0.15) is 17.5 Å². The molecule has 0 aromatic heterocycles. The molecule has 0 amide bonds. The normalized spacial score (nSPS) is 11.0. The molecule has 10 heteroatoms. The van der Waals surface area contributed by atoms with Crippen LogP contribution in [-0.2, 0) is 0 Å². The first-order valence-electron chi connectivity index (χ1n) is 8.03. The van der Waals surface area contributed by atoms with E-state index in [1.54, 1.807) is 14.1 Å². The van der Waals surface area contributed by atoms with Crippen LogP contribution in [0.5, 0.6) is 0 Å². The van der Waals surface area contributed by atoms with Gasteiger partial charge in [-0.1, -0.05) is 85.1 Å². The fourth-order valence-electron chi connectivity index (χ4n) is 2.16. The minimum atomic E-state index is -0.636. The minimum Gasteiger partial charge on any atom is -0.860 e. The molecular formula is C19H18K2N4O2S2. The molecule has 0 saturated carbocycles. The van der Waals surface area contributed by atoms with E-state index in [-0.39, 0.29) is 103 Å². The Balaban J connectivity index is 0.00000392. The Bertz CT molecular complexity index is 794. The average molecular weight is 477 g/mol. The van der Waals surface area contributed by atoms with Crippen molar-refractivity contribution in [1.29, 1.82) is 0 Å². The molecule has 0 saturated heterocycles. The molecule has 0 aliphatic rings. The molecule has 2 rings (SSSR count). The van der Waals surface area contributed by atoms with Gasteiger partial charge in [0.1, 0.15) is 9.98 Å². The summed E-state index contributed by atoms with van der Waals surface area (Å²) in [5.74, 6) is -1.27. The van der Waals surface area contributed by atoms with Gasteiger partial charge in [-0.25, -0.2) is 0 Å². The second kappa shape index (κ2) is 15.3. The molecule has 0 spiro atoms. The predicted octanol–water partition coefficient (Wildman–Crippen LogP) is -4.65. The Morgan fingerprint density at radius 3 is 1.34 bits per heavy atom. The van der Waals surface area contributed by atoms with E-state index in [0.717, 1.165) is 11.1 Å². The van der Waals surface area contributed by atoms with E-state index >= 15 is 0 Å². The zero-order valence-corrected chi connectivity index (χ0v) is 24.8. The number of rotatable bonds is 6. The zero-order valence-electron chi connectivity index (χ0n) is 16.9. The summed E-state index contributed by atoms with van der Waals surface area (Å²) in [6.07, 6.45) is -0.469. The number of hydrazone groups is 2. The fourth-order valence-corrected chi connectivity index (χ4v) is 2.51. The maximum absolute atomic E-state index is 12.0. The van der Waals surface area contributed by atoms with Gasteiger partial charge in [-0.3, -0.25) is 10.0 Å². The molecule has 6 nitrogen and oxygen atoms in total. The molecule has 0 bridgehead atoms. The van der Waals surface area contributed by atoms with Gasteiger partial charge in [0.2, 0.25) is 0 Å². The first-order valence-corrected chi connectivity index (χ1v) is 8.85. The molecule has 2 aromatic rings. The second-order valence-corrected chi connectivity index (χ2v) is 6.33. The van der Waals surface area contributed by atoms with E-state index in [9.17, 15) is 10.2 Å². The van der Waals surface area contributed by atoms with Crippen molar-refractivity contribution in [2.45, 2.75) is 6.42 Å². The smallest absolute Gasteiger partial charge is 0.860 e. The molecule has 0 fully saturated rings. The van der Waals surface area contributed by atoms with Crippen LogP contribution in [0.4, 0.5) is 0 Å². The summed E-state index contributed by atoms with van der Waals surface area (Å²) >= 11 is 10.6. The summed E-state index contributed by atoms with van der Waals surface area (Å²) < 4.78 is 0. The van der Waals surface area contributed by atoms with Gasteiger partial charge in [0.25, 0.3) is 0 Å². The van der Waals surface area contributed by atoms with Gasteiger partial charge >= 0.3 is 103 Å². The molecule has 0 aliphatic carbocycles. The molecule has 29 heavy (non-hydrogen) atoms. The first-order chi connectivity index (χ1) is 12.9. The van der Waals surface area contributed by atoms with Crippen LogP contribution in [0.3, 0.4) is 0 Å². The molecule has 0 heterocycles. The standard InChI is InChI=1S/C19H20N4O2S2.2K/c1-22(18(26)14-9-5-3-6-10-14)20-16(24)13-17(25)21-23(2)19(27)15-11-7-4-8-12-15;;/h3-12H,13H2,1-2H3,(H,20,24)(H,21,25);;/q;2*+1/p-2. The van der Waals surface area contributed by atoms with Crippen LogP contribution in [-0.4, -0.2) is 45.9 Å². The van der Waals surface area contributed by atoms with Crippen LogP contribution in [0, 0.1) is 0 Å². The number of hydrogen-bond donors (Lipinski definition) is 0. The Labute approximate surface area is 266 Å². The second-order valence-electron chi connectivity index (χ2n) is 5.55. The van der Waals surface area contributed by atoms with Gasteiger partial charge in [-0.2, -0.15) is 10.2 Å². The minimum absolute atomic E-state index is 0. The van der Waals surface area contributed by atoms with Crippen molar-refractivity contribution in [2.24, 2.45) is 10.2 Å². The number of hydrogen-bond acceptors (Lipinski definition) is 6. The van der Waals surface area contributed by atoms with Crippen molar-refractivity contribution in [2.75, 3.05) is 14.1 Å². The molecule has 140 valence electrons. The van der Waals surface area contributed by atoms with Crippen molar-refractivity contribution in [1.82, 2.24) is 10.0 Å². The van der Waals surface area contributed by atoms with Gasteiger partial charge < -0.3 is 10.2 Å². The SMILES string of the molecule is CN(/N=C(\[O-])C/C([O-])=N/N(C)C(=S)c1ccccc1)C(=S)c1ccccc1.[K+].[K+]. The molecule has 2 aromatic carbocycles. The van der Waals surface area contributed by atoms with Crippen molar-refractivity contribution < 1.29 is 113 Å². The number of thiocarbonyl (C=S) groups is 2. The van der Waals surface area contributed by atoms with Gasteiger partial charge in [0, 0.05) is 31.6 Å². The predicted molar refractivity (Wildman–Crippen MR) is 111 cm³/mol. The van der Waals surface area contributed by atoms with E-state index in [1.165, 1.54) is 10.0 Å². The summed E-state index contributed by atoms with van der Waals surface area (Å²) in [7, 11) is 3.12. The first kappa shape index (κ1) is 29.4. The van der Waals surface area contributed by atoms with Gasteiger partial charge in [-0.15, -0.1) is 0 Å². The third-order valence-corrected chi connectivity index (χ3v) is 4.45. The maximum atomic E-state index is 12.0. The van der Waals surface area contributed by atoms with E-state index in [0.29, 0.717) is 9.98 Å². The summed E-state index contributed by atoms with van der Waals surface area (Å²) in [4.78, 5) is 0.770. The van der Waals surface area contributed by atoms with Crippen molar-refractivity contribution in [3.63, 3.8) is 0 Å². The zero-order chi connectivity index (χ0) is 19.8. The van der Waals surface area contributed by atoms with E-state index in [4.69, 9.17) is 24.4 Å². The van der Waals surface area contributed by atoms with Crippen LogP contribution in [0.15, 0.2) is 70.9 Å². The maximum Gasteiger partial charge on any atom is 1.00 e. The summed E-state index contributed by atoms with van der Waals surface area (Å²) in [6.45, 7) is 0. The molecule has 0 radical (unpaired) electrons. The van der Waals surface area contributed by atoms with Gasteiger partial charge in [0.15, 0.2) is 0 Å². The molecule has 0 atom stereocenters. The monoisotopic (exact) mass is 476 g/mol. The summed E-state index contributed by atoms with van der Waals surface area (Å²) in [5.41, 5.74) is 1.52. The van der Waals surface area contributed by atoms with E-state index in [1.807, 2.05) is 60.7 Å². The molecule has 0 unspecified atom stereocenters. The Kier molecular flexibility index (Phi) is 15.5. The van der Waals surface area contributed by atoms with Crippen molar-refractivity contribution in [3.05, 3.63) is 71.8 Å². The Morgan fingerprint density at radius 1 is 0.724 bits per heavy atom.